The number of methoxy groups -OCH3 is 1. The molecule has 0 radical (unpaired) electrons. The molecule has 0 amide bonds. The highest BCUT2D eigenvalue weighted by Crippen LogP contribution is 2.46. The normalized spacial score (nSPS) is 23.6. The van der Waals surface area contributed by atoms with Crippen LogP contribution in [0.2, 0.25) is 5.02 Å². The monoisotopic (exact) mass is 349 g/mol. The molecule has 2 unspecified atom stereocenters. The molecule has 1 N–H and O–H groups in total. The summed E-state index contributed by atoms with van der Waals surface area (Å²) in [4.78, 5) is 24.9. The number of carbonyl (C=O) groups excluding carboxylic acids is 2. The number of benzene rings is 1. The molecular weight excluding hydrogens is 333 g/mol. The van der Waals surface area contributed by atoms with Crippen molar-refractivity contribution in [2.75, 3.05) is 7.11 Å². The SMILES string of the molecule is C=C1NC2=C(C(=O)CCC2)C(c2c(F)cccc2Cl)C1C(=O)OC. The molecule has 1 heterocycles. The number of rotatable bonds is 2. The first-order valence-corrected chi connectivity index (χ1v) is 8.07. The number of hydrogen-bond acceptors (Lipinski definition) is 4. The Morgan fingerprint density at radius 1 is 1.42 bits per heavy atom. The van der Waals surface area contributed by atoms with E-state index in [4.69, 9.17) is 16.3 Å². The first-order valence-electron chi connectivity index (χ1n) is 7.69. The number of esters is 1. The number of ether oxygens (including phenoxy) is 1. The molecule has 1 aromatic rings. The summed E-state index contributed by atoms with van der Waals surface area (Å²) in [6, 6.07) is 4.31. The standard InChI is InChI=1S/C18H17ClFNO3/c1-9-14(18(23)24-2)17(15-10(19)5-3-6-11(15)20)16-12(21-9)7-4-8-13(16)22/h3,5-6,14,17,21H,1,4,7-8H2,2H3. The fourth-order valence-electron chi connectivity index (χ4n) is 3.52. The van der Waals surface area contributed by atoms with Crippen LogP contribution in [0, 0.1) is 11.7 Å². The van der Waals surface area contributed by atoms with Gasteiger partial charge in [-0.2, -0.15) is 0 Å². The Kier molecular flexibility index (Phi) is 4.45. The molecule has 0 saturated heterocycles. The van der Waals surface area contributed by atoms with Gasteiger partial charge in [0.1, 0.15) is 11.7 Å². The van der Waals surface area contributed by atoms with Crippen LogP contribution in [-0.2, 0) is 14.3 Å². The van der Waals surface area contributed by atoms with Crippen molar-refractivity contribution >= 4 is 23.4 Å². The van der Waals surface area contributed by atoms with E-state index >= 15 is 0 Å². The molecule has 0 fully saturated rings. The number of Topliss-reactive ketones (excluding diaryl/α,β-unsaturated/α-hetero) is 1. The Balaban J connectivity index is 2.26. The average Bonchev–Trinajstić information content (AvgIpc) is 2.53. The van der Waals surface area contributed by atoms with Gasteiger partial charge in [-0.1, -0.05) is 24.2 Å². The van der Waals surface area contributed by atoms with Crippen LogP contribution in [0.15, 0.2) is 41.7 Å². The number of allylic oxidation sites excluding steroid dienone is 2. The smallest absolute Gasteiger partial charge is 0.315 e. The zero-order valence-electron chi connectivity index (χ0n) is 13.2. The van der Waals surface area contributed by atoms with Gasteiger partial charge in [-0.25, -0.2) is 4.39 Å². The van der Waals surface area contributed by atoms with E-state index in [1.165, 1.54) is 19.2 Å². The van der Waals surface area contributed by atoms with E-state index in [-0.39, 0.29) is 16.4 Å². The van der Waals surface area contributed by atoms with E-state index < -0.39 is 23.6 Å². The summed E-state index contributed by atoms with van der Waals surface area (Å²) in [5.41, 5.74) is 1.64. The van der Waals surface area contributed by atoms with Gasteiger partial charge in [0.25, 0.3) is 0 Å². The van der Waals surface area contributed by atoms with Gasteiger partial charge in [0.05, 0.1) is 7.11 Å². The summed E-state index contributed by atoms with van der Waals surface area (Å²) in [7, 11) is 1.25. The molecule has 24 heavy (non-hydrogen) atoms. The van der Waals surface area contributed by atoms with Crippen LogP contribution in [-0.4, -0.2) is 18.9 Å². The Bertz CT molecular complexity index is 751. The Morgan fingerprint density at radius 3 is 2.83 bits per heavy atom. The Morgan fingerprint density at radius 2 is 2.17 bits per heavy atom. The lowest BCUT2D eigenvalue weighted by molar-refractivity contribution is -0.144. The van der Waals surface area contributed by atoms with Crippen molar-refractivity contribution in [1.82, 2.24) is 5.32 Å². The van der Waals surface area contributed by atoms with E-state index in [1.807, 2.05) is 0 Å². The van der Waals surface area contributed by atoms with Crippen molar-refractivity contribution in [1.29, 1.82) is 0 Å². The average molecular weight is 350 g/mol. The van der Waals surface area contributed by atoms with Gasteiger partial charge >= 0.3 is 5.97 Å². The minimum Gasteiger partial charge on any atom is -0.468 e. The molecule has 0 spiro atoms. The number of carbonyl (C=O) groups is 2. The lowest BCUT2D eigenvalue weighted by atomic mass is 9.71. The maximum absolute atomic E-state index is 14.6. The van der Waals surface area contributed by atoms with Crippen LogP contribution in [0.4, 0.5) is 4.39 Å². The minimum atomic E-state index is -0.912. The number of ketones is 1. The summed E-state index contributed by atoms with van der Waals surface area (Å²) in [6.45, 7) is 3.89. The predicted octanol–water partition coefficient (Wildman–Crippen LogP) is 3.48. The number of hydrogen-bond donors (Lipinski definition) is 1. The van der Waals surface area contributed by atoms with Crippen molar-refractivity contribution in [3.63, 3.8) is 0 Å². The summed E-state index contributed by atoms with van der Waals surface area (Å²) in [5, 5.41) is 3.23. The van der Waals surface area contributed by atoms with Crippen LogP contribution < -0.4 is 5.32 Å². The highest BCUT2D eigenvalue weighted by Gasteiger charge is 2.45. The second kappa shape index (κ2) is 6.40. The van der Waals surface area contributed by atoms with Gasteiger partial charge in [0.15, 0.2) is 5.78 Å². The van der Waals surface area contributed by atoms with Gasteiger partial charge in [0.2, 0.25) is 0 Å². The van der Waals surface area contributed by atoms with Gasteiger partial charge in [-0.3, -0.25) is 9.59 Å². The molecule has 4 nitrogen and oxygen atoms in total. The van der Waals surface area contributed by atoms with E-state index in [9.17, 15) is 14.0 Å². The van der Waals surface area contributed by atoms with Crippen molar-refractivity contribution < 1.29 is 18.7 Å². The first kappa shape index (κ1) is 16.7. The molecule has 0 saturated carbocycles. The lowest BCUT2D eigenvalue weighted by Gasteiger charge is -2.38. The zero-order valence-corrected chi connectivity index (χ0v) is 14.0. The highest BCUT2D eigenvalue weighted by atomic mass is 35.5. The third kappa shape index (κ3) is 2.63. The molecule has 1 aliphatic heterocycles. The molecule has 0 aromatic heterocycles. The molecule has 3 rings (SSSR count). The van der Waals surface area contributed by atoms with Crippen molar-refractivity contribution in [3.05, 3.63) is 58.1 Å². The van der Waals surface area contributed by atoms with Gasteiger partial charge in [0, 0.05) is 39.9 Å². The van der Waals surface area contributed by atoms with Gasteiger partial charge in [-0.05, 0) is 25.0 Å². The molecule has 2 atom stereocenters. The fraction of sp³-hybridized carbons (Fsp3) is 0.333. The number of halogens is 2. The predicted molar refractivity (Wildman–Crippen MR) is 87.8 cm³/mol. The van der Waals surface area contributed by atoms with Crippen LogP contribution in [0.1, 0.15) is 30.7 Å². The summed E-state index contributed by atoms with van der Waals surface area (Å²) in [5.74, 6) is -2.98. The van der Waals surface area contributed by atoms with E-state index in [2.05, 4.69) is 11.9 Å². The van der Waals surface area contributed by atoms with E-state index in [0.29, 0.717) is 36.2 Å². The third-order valence-corrected chi connectivity index (χ3v) is 4.88. The van der Waals surface area contributed by atoms with Crippen molar-refractivity contribution in [3.8, 4) is 0 Å². The van der Waals surface area contributed by atoms with Gasteiger partial charge < -0.3 is 10.1 Å². The maximum atomic E-state index is 14.6. The lowest BCUT2D eigenvalue weighted by Crippen LogP contribution is -2.41. The van der Waals surface area contributed by atoms with Crippen molar-refractivity contribution in [2.24, 2.45) is 5.92 Å². The van der Waals surface area contributed by atoms with E-state index in [0.717, 1.165) is 0 Å². The number of nitrogens with one attached hydrogen (secondary N) is 1. The fourth-order valence-corrected chi connectivity index (χ4v) is 3.80. The third-order valence-electron chi connectivity index (χ3n) is 4.55. The topological polar surface area (TPSA) is 55.4 Å². The summed E-state index contributed by atoms with van der Waals surface area (Å²) < 4.78 is 19.4. The molecule has 0 bridgehead atoms. The Labute approximate surface area is 144 Å². The molecule has 1 aromatic carbocycles. The largest absolute Gasteiger partial charge is 0.468 e. The Hall–Kier alpha value is -2.14. The molecule has 126 valence electrons. The maximum Gasteiger partial charge on any atom is 0.315 e. The van der Waals surface area contributed by atoms with Crippen LogP contribution >= 0.6 is 11.6 Å². The zero-order chi connectivity index (χ0) is 17.4. The summed E-state index contributed by atoms with van der Waals surface area (Å²) >= 11 is 6.23. The second-order valence-corrected chi connectivity index (χ2v) is 6.34. The van der Waals surface area contributed by atoms with Gasteiger partial charge in [-0.15, -0.1) is 0 Å². The van der Waals surface area contributed by atoms with Crippen LogP contribution in [0.5, 0.6) is 0 Å². The molecule has 1 aliphatic carbocycles. The molecular formula is C18H17ClFNO3. The van der Waals surface area contributed by atoms with Crippen LogP contribution in [0.25, 0.3) is 0 Å². The second-order valence-electron chi connectivity index (χ2n) is 5.93. The minimum absolute atomic E-state index is 0.102. The van der Waals surface area contributed by atoms with Crippen LogP contribution in [0.3, 0.4) is 0 Å². The highest BCUT2D eigenvalue weighted by molar-refractivity contribution is 6.31. The van der Waals surface area contributed by atoms with E-state index in [1.54, 1.807) is 6.07 Å². The quantitative estimate of drug-likeness (QED) is 0.831. The first-order chi connectivity index (χ1) is 11.5. The molecule has 2 aliphatic rings. The molecule has 6 heteroatoms. The van der Waals surface area contributed by atoms with Crippen molar-refractivity contribution in [2.45, 2.75) is 25.2 Å². The summed E-state index contributed by atoms with van der Waals surface area (Å²) in [6.07, 6.45) is 1.72.